The van der Waals surface area contributed by atoms with Crippen LogP contribution in [0, 0.1) is 0 Å². The fraction of sp³-hybridized carbons (Fsp3) is 0.583. The van der Waals surface area contributed by atoms with Gasteiger partial charge in [0.2, 0.25) is 0 Å². The maximum absolute atomic E-state index is 10.3. The molecule has 1 heterocycles. The summed E-state index contributed by atoms with van der Waals surface area (Å²) in [5, 5.41) is 0. The highest BCUT2D eigenvalue weighted by atomic mass is 16.5. The number of ether oxygens (including phenoxy) is 1. The molecule has 3 nitrogen and oxygen atoms in total. The summed E-state index contributed by atoms with van der Waals surface area (Å²) in [6, 6.07) is 3.43. The van der Waals surface area contributed by atoms with Crippen molar-refractivity contribution in [2.75, 3.05) is 6.61 Å². The molecular weight excluding hydrogens is 192 g/mol. The molecule has 1 rings (SSSR count). The summed E-state index contributed by atoms with van der Waals surface area (Å²) in [5.41, 5.74) is 0. The van der Waals surface area contributed by atoms with Crippen molar-refractivity contribution in [3.05, 3.63) is 23.7 Å². The molecule has 0 radical (unpaired) electrons. The van der Waals surface area contributed by atoms with Crippen LogP contribution in [0.25, 0.3) is 0 Å². The van der Waals surface area contributed by atoms with Crippen LogP contribution in [0.15, 0.2) is 16.5 Å². The van der Waals surface area contributed by atoms with Gasteiger partial charge in [0.25, 0.3) is 0 Å². The van der Waals surface area contributed by atoms with Gasteiger partial charge in [-0.15, -0.1) is 0 Å². The first-order chi connectivity index (χ1) is 7.36. The Bertz CT molecular complexity index is 278. The molecule has 0 aromatic carbocycles. The second-order valence-electron chi connectivity index (χ2n) is 3.54. The second-order valence-corrected chi connectivity index (χ2v) is 3.54. The van der Waals surface area contributed by atoms with Crippen LogP contribution in [0.5, 0.6) is 0 Å². The van der Waals surface area contributed by atoms with Gasteiger partial charge in [-0.1, -0.05) is 26.2 Å². The second kappa shape index (κ2) is 7.23. The van der Waals surface area contributed by atoms with Gasteiger partial charge in [-0.25, -0.2) is 0 Å². The van der Waals surface area contributed by atoms with E-state index < -0.39 is 0 Å². The molecule has 1 aromatic rings. The Kier molecular flexibility index (Phi) is 5.78. The quantitative estimate of drug-likeness (QED) is 0.488. The van der Waals surface area contributed by atoms with E-state index in [0.717, 1.165) is 13.0 Å². The van der Waals surface area contributed by atoms with Crippen molar-refractivity contribution in [1.82, 2.24) is 0 Å². The van der Waals surface area contributed by atoms with Gasteiger partial charge in [0, 0.05) is 6.61 Å². The van der Waals surface area contributed by atoms with Gasteiger partial charge < -0.3 is 9.15 Å². The highest BCUT2D eigenvalue weighted by molar-refractivity contribution is 5.70. The number of carbonyl (C=O) groups is 1. The topological polar surface area (TPSA) is 39.4 Å². The number of rotatable bonds is 8. The first-order valence-corrected chi connectivity index (χ1v) is 5.48. The molecule has 0 aliphatic heterocycles. The van der Waals surface area contributed by atoms with Crippen molar-refractivity contribution < 1.29 is 13.9 Å². The molecule has 0 atom stereocenters. The molecule has 0 saturated heterocycles. The largest absolute Gasteiger partial charge is 0.456 e. The van der Waals surface area contributed by atoms with Gasteiger partial charge in [-0.3, -0.25) is 4.79 Å². The average Bonchev–Trinajstić information content (AvgIpc) is 2.71. The SMILES string of the molecule is CCCCCCOCc1ccc(C=O)o1. The summed E-state index contributed by atoms with van der Waals surface area (Å²) in [6.45, 7) is 3.40. The molecule has 15 heavy (non-hydrogen) atoms. The molecular formula is C12H18O3. The lowest BCUT2D eigenvalue weighted by Crippen LogP contribution is -1.94. The Balaban J connectivity index is 2.07. The smallest absolute Gasteiger partial charge is 0.185 e. The lowest BCUT2D eigenvalue weighted by Gasteiger charge is -2.01. The molecule has 0 amide bonds. The molecule has 0 spiro atoms. The number of carbonyl (C=O) groups excluding carboxylic acids is 1. The van der Waals surface area contributed by atoms with Crippen molar-refractivity contribution in [3.63, 3.8) is 0 Å². The molecule has 0 unspecified atom stereocenters. The lowest BCUT2D eigenvalue weighted by molar-refractivity contribution is 0.0987. The molecule has 0 aliphatic rings. The molecule has 0 N–H and O–H groups in total. The van der Waals surface area contributed by atoms with Crippen molar-refractivity contribution >= 4 is 6.29 Å². The fourth-order valence-corrected chi connectivity index (χ4v) is 1.34. The molecule has 1 aromatic heterocycles. The van der Waals surface area contributed by atoms with Crippen molar-refractivity contribution in [2.24, 2.45) is 0 Å². The maximum Gasteiger partial charge on any atom is 0.185 e. The predicted molar refractivity (Wildman–Crippen MR) is 57.9 cm³/mol. The standard InChI is InChI=1S/C12H18O3/c1-2-3-4-5-8-14-10-12-7-6-11(9-13)15-12/h6-7,9H,2-5,8,10H2,1H3. The van der Waals surface area contributed by atoms with E-state index in [2.05, 4.69) is 6.92 Å². The van der Waals surface area contributed by atoms with Gasteiger partial charge in [0.05, 0.1) is 0 Å². The van der Waals surface area contributed by atoms with E-state index in [4.69, 9.17) is 9.15 Å². The van der Waals surface area contributed by atoms with Crippen LogP contribution in [0.2, 0.25) is 0 Å². The molecule has 0 fully saturated rings. The molecule has 3 heteroatoms. The van der Waals surface area contributed by atoms with E-state index in [1.165, 1.54) is 19.3 Å². The Hall–Kier alpha value is -1.09. The minimum atomic E-state index is 0.361. The van der Waals surface area contributed by atoms with Crippen LogP contribution in [0.3, 0.4) is 0 Å². The van der Waals surface area contributed by atoms with Crippen LogP contribution in [0.1, 0.15) is 48.9 Å². The third kappa shape index (κ3) is 4.79. The first kappa shape index (κ1) is 12.0. The number of hydrogen-bond acceptors (Lipinski definition) is 3. The highest BCUT2D eigenvalue weighted by Gasteiger charge is 2.00. The summed E-state index contributed by atoms with van der Waals surface area (Å²) in [6.07, 6.45) is 5.51. The van der Waals surface area contributed by atoms with Crippen LogP contribution >= 0.6 is 0 Å². The van der Waals surface area contributed by atoms with E-state index in [-0.39, 0.29) is 0 Å². The van der Waals surface area contributed by atoms with Crippen LogP contribution < -0.4 is 0 Å². The number of hydrogen-bond donors (Lipinski definition) is 0. The summed E-state index contributed by atoms with van der Waals surface area (Å²) < 4.78 is 10.6. The summed E-state index contributed by atoms with van der Waals surface area (Å²) in [5.74, 6) is 1.08. The molecule has 0 saturated carbocycles. The third-order valence-electron chi connectivity index (χ3n) is 2.19. The monoisotopic (exact) mass is 210 g/mol. The highest BCUT2D eigenvalue weighted by Crippen LogP contribution is 2.07. The summed E-state index contributed by atoms with van der Waals surface area (Å²) in [7, 11) is 0. The predicted octanol–water partition coefficient (Wildman–Crippen LogP) is 3.19. The van der Waals surface area contributed by atoms with E-state index in [1.54, 1.807) is 12.1 Å². The van der Waals surface area contributed by atoms with Gasteiger partial charge >= 0.3 is 0 Å². The van der Waals surface area contributed by atoms with Crippen molar-refractivity contribution in [3.8, 4) is 0 Å². The van der Waals surface area contributed by atoms with Gasteiger partial charge in [0.1, 0.15) is 12.4 Å². The van der Waals surface area contributed by atoms with Crippen molar-refractivity contribution in [1.29, 1.82) is 0 Å². The fourth-order valence-electron chi connectivity index (χ4n) is 1.34. The third-order valence-corrected chi connectivity index (χ3v) is 2.19. The Morgan fingerprint density at radius 2 is 2.20 bits per heavy atom. The Morgan fingerprint density at radius 1 is 1.33 bits per heavy atom. The molecule has 0 aliphatic carbocycles. The normalized spacial score (nSPS) is 10.5. The van der Waals surface area contributed by atoms with Gasteiger partial charge in [0.15, 0.2) is 12.0 Å². The number of furan rings is 1. The van der Waals surface area contributed by atoms with Gasteiger partial charge in [-0.05, 0) is 18.6 Å². The summed E-state index contributed by atoms with van der Waals surface area (Å²) >= 11 is 0. The maximum atomic E-state index is 10.3. The first-order valence-electron chi connectivity index (χ1n) is 5.48. The molecule has 0 bridgehead atoms. The number of aldehydes is 1. The minimum absolute atomic E-state index is 0.361. The number of unbranched alkanes of at least 4 members (excludes halogenated alkanes) is 3. The zero-order chi connectivity index (χ0) is 10.9. The zero-order valence-electron chi connectivity index (χ0n) is 9.20. The summed E-state index contributed by atoms with van der Waals surface area (Å²) in [4.78, 5) is 10.3. The van der Waals surface area contributed by atoms with E-state index >= 15 is 0 Å². The van der Waals surface area contributed by atoms with Crippen molar-refractivity contribution in [2.45, 2.75) is 39.2 Å². The lowest BCUT2D eigenvalue weighted by atomic mass is 10.2. The average molecular weight is 210 g/mol. The molecule has 84 valence electrons. The zero-order valence-corrected chi connectivity index (χ0v) is 9.20. The van der Waals surface area contributed by atoms with E-state index in [9.17, 15) is 4.79 Å². The van der Waals surface area contributed by atoms with Gasteiger partial charge in [-0.2, -0.15) is 0 Å². The van der Waals surface area contributed by atoms with Crippen LogP contribution in [-0.2, 0) is 11.3 Å². The van der Waals surface area contributed by atoms with E-state index in [0.29, 0.717) is 24.4 Å². The van der Waals surface area contributed by atoms with E-state index in [1.807, 2.05) is 0 Å². The van der Waals surface area contributed by atoms with Crippen LogP contribution in [0.4, 0.5) is 0 Å². The minimum Gasteiger partial charge on any atom is -0.456 e. The van der Waals surface area contributed by atoms with Crippen LogP contribution in [-0.4, -0.2) is 12.9 Å². The Morgan fingerprint density at radius 3 is 2.87 bits per heavy atom. The Labute approximate surface area is 90.4 Å².